The van der Waals surface area contributed by atoms with E-state index in [9.17, 15) is 4.79 Å². The number of carbonyl (C=O) groups excluding carboxylic acids is 1. The molecule has 1 saturated carbocycles. The molecule has 1 aromatic carbocycles. The second-order valence-electron chi connectivity index (χ2n) is 7.25. The van der Waals surface area contributed by atoms with Crippen molar-refractivity contribution < 1.29 is 4.79 Å². The van der Waals surface area contributed by atoms with Gasteiger partial charge in [-0.15, -0.1) is 0 Å². The maximum Gasteiger partial charge on any atom is 0.258 e. The lowest BCUT2D eigenvalue weighted by Crippen LogP contribution is -2.45. The van der Waals surface area contributed by atoms with Crippen molar-refractivity contribution in [2.45, 2.75) is 32.0 Å². The zero-order valence-electron chi connectivity index (χ0n) is 15.4. The first-order chi connectivity index (χ1) is 13.9. The number of hydrogen-bond acceptors (Lipinski definition) is 4. The lowest BCUT2D eigenvalue weighted by molar-refractivity contribution is 0.0660. The van der Waals surface area contributed by atoms with Crippen LogP contribution in [0.4, 0.5) is 5.69 Å². The number of rotatable bonds is 3. The summed E-state index contributed by atoms with van der Waals surface area (Å²) >= 11 is 13.4. The van der Waals surface area contributed by atoms with Gasteiger partial charge >= 0.3 is 0 Å². The van der Waals surface area contributed by atoms with Gasteiger partial charge in [0.1, 0.15) is 10.8 Å². The molecule has 1 aliphatic heterocycles. The van der Waals surface area contributed by atoms with Crippen molar-refractivity contribution in [1.29, 1.82) is 0 Å². The third-order valence-corrected chi connectivity index (χ3v) is 6.33. The molecule has 3 heterocycles. The van der Waals surface area contributed by atoms with E-state index in [4.69, 9.17) is 11.6 Å². The minimum absolute atomic E-state index is 0.0200. The SMILES string of the molecule is Cc1cc(Br)cc2c1NC(c1cc(Br)nn1-c1ncccc1Cl)N(C1CC1)C2=O. The molecule has 5 rings (SSSR count). The number of nitrogens with one attached hydrogen (secondary N) is 1. The molecule has 0 spiro atoms. The van der Waals surface area contributed by atoms with Gasteiger partial charge in [0.15, 0.2) is 5.82 Å². The summed E-state index contributed by atoms with van der Waals surface area (Å²) in [4.78, 5) is 19.8. The van der Waals surface area contributed by atoms with Gasteiger partial charge in [-0.1, -0.05) is 27.5 Å². The molecule has 1 atom stereocenters. The Balaban J connectivity index is 1.68. The molecule has 29 heavy (non-hydrogen) atoms. The molecular weight excluding hydrogens is 522 g/mol. The van der Waals surface area contributed by atoms with Crippen molar-refractivity contribution in [2.75, 3.05) is 5.32 Å². The van der Waals surface area contributed by atoms with Gasteiger partial charge in [0.25, 0.3) is 5.91 Å². The number of halogens is 3. The van der Waals surface area contributed by atoms with E-state index < -0.39 is 0 Å². The number of aryl methyl sites for hydroxylation is 1. The largest absolute Gasteiger partial charge is 0.359 e. The van der Waals surface area contributed by atoms with Crippen LogP contribution in [0.1, 0.15) is 40.6 Å². The van der Waals surface area contributed by atoms with Gasteiger partial charge in [0, 0.05) is 16.7 Å². The first-order valence-corrected chi connectivity index (χ1v) is 11.2. The average molecular weight is 538 g/mol. The third kappa shape index (κ3) is 3.27. The molecule has 2 aliphatic rings. The standard InChI is InChI=1S/C20H16Br2ClN5O/c1-10-7-11(21)8-13-17(10)25-19(27(20(13)29)12-4-5-12)15-9-16(22)26-28(15)18-14(23)3-2-6-24-18/h2-3,6-9,12,19,25H,4-5H2,1H3. The van der Waals surface area contributed by atoms with Crippen LogP contribution in [-0.2, 0) is 0 Å². The van der Waals surface area contributed by atoms with E-state index in [0.29, 0.717) is 21.0 Å². The Morgan fingerprint density at radius 3 is 2.76 bits per heavy atom. The van der Waals surface area contributed by atoms with Gasteiger partial charge in [0.2, 0.25) is 0 Å². The highest BCUT2D eigenvalue weighted by molar-refractivity contribution is 9.10. The van der Waals surface area contributed by atoms with Crippen molar-refractivity contribution in [1.82, 2.24) is 19.7 Å². The number of aromatic nitrogens is 3. The monoisotopic (exact) mass is 535 g/mol. The van der Waals surface area contributed by atoms with Crippen molar-refractivity contribution in [2.24, 2.45) is 0 Å². The highest BCUT2D eigenvalue weighted by atomic mass is 79.9. The highest BCUT2D eigenvalue weighted by Crippen LogP contribution is 2.43. The third-order valence-electron chi connectivity index (χ3n) is 5.19. The molecule has 9 heteroatoms. The smallest absolute Gasteiger partial charge is 0.258 e. The second-order valence-corrected chi connectivity index (χ2v) is 9.38. The maximum absolute atomic E-state index is 13.5. The minimum atomic E-state index is -0.376. The topological polar surface area (TPSA) is 63.1 Å². The van der Waals surface area contributed by atoms with E-state index in [-0.39, 0.29) is 18.1 Å². The zero-order valence-corrected chi connectivity index (χ0v) is 19.3. The Bertz CT molecular complexity index is 1140. The molecule has 0 saturated heterocycles. The Labute approximate surface area is 189 Å². The summed E-state index contributed by atoms with van der Waals surface area (Å²) < 4.78 is 3.25. The summed E-state index contributed by atoms with van der Waals surface area (Å²) in [5.41, 5.74) is 3.33. The summed E-state index contributed by atoms with van der Waals surface area (Å²) in [6.45, 7) is 2.00. The van der Waals surface area contributed by atoms with Gasteiger partial charge in [-0.2, -0.15) is 5.10 Å². The fourth-order valence-electron chi connectivity index (χ4n) is 3.77. The predicted molar refractivity (Wildman–Crippen MR) is 119 cm³/mol. The lowest BCUT2D eigenvalue weighted by Gasteiger charge is -2.39. The number of fused-ring (bicyclic) bond motifs is 1. The van der Waals surface area contributed by atoms with Gasteiger partial charge in [-0.25, -0.2) is 9.67 Å². The van der Waals surface area contributed by atoms with E-state index in [1.807, 2.05) is 30.0 Å². The van der Waals surface area contributed by atoms with Gasteiger partial charge in [-0.3, -0.25) is 4.79 Å². The molecule has 1 aliphatic carbocycles. The first kappa shape index (κ1) is 19.1. The Kier molecular flexibility index (Phi) is 4.68. The summed E-state index contributed by atoms with van der Waals surface area (Å²) in [5, 5.41) is 8.63. The zero-order chi connectivity index (χ0) is 20.3. The van der Waals surface area contributed by atoms with Gasteiger partial charge < -0.3 is 10.2 Å². The van der Waals surface area contributed by atoms with Crippen LogP contribution in [0.3, 0.4) is 0 Å². The van der Waals surface area contributed by atoms with Crippen LogP contribution >= 0.6 is 43.5 Å². The number of carbonyl (C=O) groups is 1. The normalized spacial score (nSPS) is 18.6. The number of pyridine rings is 1. The molecule has 0 radical (unpaired) electrons. The maximum atomic E-state index is 13.5. The molecule has 1 unspecified atom stereocenters. The minimum Gasteiger partial charge on any atom is -0.359 e. The number of benzene rings is 1. The van der Waals surface area contributed by atoms with Gasteiger partial charge in [-0.05, 0) is 71.6 Å². The van der Waals surface area contributed by atoms with E-state index in [2.05, 4.69) is 47.3 Å². The van der Waals surface area contributed by atoms with E-state index in [1.54, 1.807) is 23.0 Å². The molecule has 3 aromatic rings. The Hall–Kier alpha value is -1.90. The van der Waals surface area contributed by atoms with Gasteiger partial charge in [0.05, 0.1) is 22.0 Å². The number of anilines is 1. The fraction of sp³-hybridized carbons (Fsp3) is 0.250. The molecular formula is C20H16Br2ClN5O. The molecule has 148 valence electrons. The summed E-state index contributed by atoms with van der Waals surface area (Å²) in [5.74, 6) is 0.546. The average Bonchev–Trinajstić information content (AvgIpc) is 3.44. The van der Waals surface area contributed by atoms with Crippen LogP contribution in [0.2, 0.25) is 5.02 Å². The van der Waals surface area contributed by atoms with Crippen LogP contribution in [0, 0.1) is 6.92 Å². The van der Waals surface area contributed by atoms with E-state index in [1.165, 1.54) is 0 Å². The van der Waals surface area contributed by atoms with Crippen LogP contribution in [0.25, 0.3) is 5.82 Å². The number of amides is 1. The van der Waals surface area contributed by atoms with Crippen LogP contribution < -0.4 is 5.32 Å². The molecule has 1 N–H and O–H groups in total. The molecule has 1 fully saturated rings. The molecule has 0 bridgehead atoms. The van der Waals surface area contributed by atoms with Crippen molar-refractivity contribution in [3.05, 3.63) is 67.4 Å². The van der Waals surface area contributed by atoms with E-state index in [0.717, 1.165) is 34.3 Å². The molecule has 2 aromatic heterocycles. The first-order valence-electron chi connectivity index (χ1n) is 9.19. The lowest BCUT2D eigenvalue weighted by atomic mass is 10.0. The Morgan fingerprint density at radius 2 is 2.03 bits per heavy atom. The fourth-order valence-corrected chi connectivity index (χ4v) is 4.94. The van der Waals surface area contributed by atoms with Crippen molar-refractivity contribution in [3.8, 4) is 5.82 Å². The second kappa shape index (κ2) is 7.11. The van der Waals surface area contributed by atoms with E-state index >= 15 is 0 Å². The summed E-state index contributed by atoms with van der Waals surface area (Å²) in [6.07, 6.45) is 3.28. The summed E-state index contributed by atoms with van der Waals surface area (Å²) in [6, 6.07) is 9.55. The molecule has 6 nitrogen and oxygen atoms in total. The predicted octanol–water partition coefficient (Wildman–Crippen LogP) is 5.48. The number of hydrogen-bond donors (Lipinski definition) is 1. The quantitative estimate of drug-likeness (QED) is 0.481. The van der Waals surface area contributed by atoms with Crippen LogP contribution in [-0.4, -0.2) is 31.6 Å². The highest BCUT2D eigenvalue weighted by Gasteiger charge is 2.44. The van der Waals surface area contributed by atoms with Crippen molar-refractivity contribution >= 4 is 55.1 Å². The Morgan fingerprint density at radius 1 is 1.24 bits per heavy atom. The molecule has 1 amide bonds. The summed E-state index contributed by atoms with van der Waals surface area (Å²) in [7, 11) is 0. The van der Waals surface area contributed by atoms with Crippen LogP contribution in [0.5, 0.6) is 0 Å². The number of nitrogens with zero attached hydrogens (tertiary/aromatic N) is 4. The van der Waals surface area contributed by atoms with Crippen LogP contribution in [0.15, 0.2) is 45.6 Å². The van der Waals surface area contributed by atoms with Crippen molar-refractivity contribution in [3.63, 3.8) is 0 Å².